The summed E-state index contributed by atoms with van der Waals surface area (Å²) < 4.78 is 12.5. The molecule has 77 valence electrons. The summed E-state index contributed by atoms with van der Waals surface area (Å²) >= 11 is 0. The van der Waals surface area contributed by atoms with Crippen LogP contribution in [0, 0.1) is 13.8 Å². The summed E-state index contributed by atoms with van der Waals surface area (Å²) in [4.78, 5) is 0. The van der Waals surface area contributed by atoms with Crippen LogP contribution in [0.2, 0.25) is 0 Å². The molecule has 0 saturated carbocycles. The third-order valence-electron chi connectivity index (χ3n) is 2.63. The first-order valence-electron chi connectivity index (χ1n) is 5.18. The molecule has 0 nitrogen and oxygen atoms in total. The summed E-state index contributed by atoms with van der Waals surface area (Å²) in [5.74, 6) is -0.216. The molecule has 1 aromatic rings. The number of aryl methyl sites for hydroxylation is 1. The standard InChI is InChI=1S/C13H18F/c1-4-6-12-7-5-8-13(11(12)3)10(2)9-14/h5,7-8,10H,2,4,6,9H2,1,3H3. The minimum absolute atomic E-state index is 0.216. The maximum Gasteiger partial charge on any atom is 0.0963 e. The zero-order valence-corrected chi connectivity index (χ0v) is 9.02. The van der Waals surface area contributed by atoms with Crippen molar-refractivity contribution in [3.63, 3.8) is 0 Å². The van der Waals surface area contributed by atoms with E-state index in [-0.39, 0.29) is 12.6 Å². The SMILES string of the molecule is [CH2]C(CF)c1cccc(CCC)c1C. The molecule has 1 radical (unpaired) electrons. The van der Waals surface area contributed by atoms with Crippen molar-refractivity contribution in [3.8, 4) is 0 Å². The molecule has 0 fully saturated rings. The number of hydrogen-bond acceptors (Lipinski definition) is 0. The van der Waals surface area contributed by atoms with Gasteiger partial charge in [0.05, 0.1) is 6.67 Å². The summed E-state index contributed by atoms with van der Waals surface area (Å²) in [6.45, 7) is 7.65. The van der Waals surface area contributed by atoms with Crippen LogP contribution in [0.25, 0.3) is 0 Å². The second-order valence-corrected chi connectivity index (χ2v) is 3.73. The van der Waals surface area contributed by atoms with Gasteiger partial charge in [-0.1, -0.05) is 31.5 Å². The Morgan fingerprint density at radius 2 is 2.14 bits per heavy atom. The molecule has 0 saturated heterocycles. The van der Waals surface area contributed by atoms with Crippen LogP contribution in [0.1, 0.15) is 36.0 Å². The van der Waals surface area contributed by atoms with E-state index in [9.17, 15) is 4.39 Å². The van der Waals surface area contributed by atoms with Crippen LogP contribution in [0.5, 0.6) is 0 Å². The van der Waals surface area contributed by atoms with E-state index in [0.717, 1.165) is 18.4 Å². The van der Waals surface area contributed by atoms with Gasteiger partial charge in [-0.2, -0.15) is 0 Å². The van der Waals surface area contributed by atoms with Crippen LogP contribution < -0.4 is 0 Å². The Kier molecular flexibility index (Phi) is 4.12. The summed E-state index contributed by atoms with van der Waals surface area (Å²) in [7, 11) is 0. The molecule has 14 heavy (non-hydrogen) atoms. The van der Waals surface area contributed by atoms with Crippen molar-refractivity contribution in [3.05, 3.63) is 41.8 Å². The van der Waals surface area contributed by atoms with E-state index in [1.807, 2.05) is 12.1 Å². The molecule has 1 unspecified atom stereocenters. The van der Waals surface area contributed by atoms with Gasteiger partial charge in [0.15, 0.2) is 0 Å². The number of benzene rings is 1. The number of hydrogen-bond donors (Lipinski definition) is 0. The maximum absolute atomic E-state index is 12.5. The molecule has 0 aliphatic rings. The van der Waals surface area contributed by atoms with Crippen LogP contribution in [-0.2, 0) is 6.42 Å². The molecule has 0 bridgehead atoms. The number of rotatable bonds is 4. The Balaban J connectivity index is 3.00. The predicted molar refractivity (Wildman–Crippen MR) is 59.2 cm³/mol. The van der Waals surface area contributed by atoms with Crippen LogP contribution >= 0.6 is 0 Å². The van der Waals surface area contributed by atoms with Gasteiger partial charge in [0.25, 0.3) is 0 Å². The van der Waals surface area contributed by atoms with E-state index in [0.29, 0.717) is 0 Å². The van der Waals surface area contributed by atoms with Gasteiger partial charge in [-0.3, -0.25) is 4.39 Å². The van der Waals surface area contributed by atoms with Crippen LogP contribution in [0.15, 0.2) is 18.2 Å². The van der Waals surface area contributed by atoms with Gasteiger partial charge in [0.1, 0.15) is 0 Å². The largest absolute Gasteiger partial charge is 0.250 e. The van der Waals surface area contributed by atoms with E-state index < -0.39 is 0 Å². The van der Waals surface area contributed by atoms with Gasteiger partial charge < -0.3 is 0 Å². The third-order valence-corrected chi connectivity index (χ3v) is 2.63. The first-order valence-corrected chi connectivity index (χ1v) is 5.18. The van der Waals surface area contributed by atoms with Crippen LogP contribution in [0.3, 0.4) is 0 Å². The Bertz CT molecular complexity index is 291. The highest BCUT2D eigenvalue weighted by molar-refractivity contribution is 5.37. The van der Waals surface area contributed by atoms with Gasteiger partial charge in [0, 0.05) is 5.92 Å². The molecule has 0 spiro atoms. The van der Waals surface area contributed by atoms with Gasteiger partial charge in [-0.15, -0.1) is 0 Å². The summed E-state index contributed by atoms with van der Waals surface area (Å²) in [5, 5.41) is 0. The molecule has 0 aromatic heterocycles. The zero-order chi connectivity index (χ0) is 10.6. The molecular weight excluding hydrogens is 175 g/mol. The normalized spacial score (nSPS) is 12.9. The average molecular weight is 193 g/mol. The lowest BCUT2D eigenvalue weighted by atomic mass is 9.92. The first kappa shape index (κ1) is 11.2. The van der Waals surface area contributed by atoms with E-state index in [4.69, 9.17) is 0 Å². The van der Waals surface area contributed by atoms with Crippen LogP contribution in [-0.4, -0.2) is 6.67 Å². The monoisotopic (exact) mass is 193 g/mol. The highest BCUT2D eigenvalue weighted by Gasteiger charge is 2.09. The van der Waals surface area contributed by atoms with Crippen molar-refractivity contribution in [2.75, 3.05) is 6.67 Å². The van der Waals surface area contributed by atoms with Crippen LogP contribution in [0.4, 0.5) is 4.39 Å². The molecule has 1 heteroatoms. The Labute approximate surface area is 86.2 Å². The molecule has 0 aliphatic heterocycles. The Morgan fingerprint density at radius 1 is 1.43 bits per heavy atom. The smallest absolute Gasteiger partial charge is 0.0963 e. The van der Waals surface area contributed by atoms with Gasteiger partial charge >= 0.3 is 0 Å². The molecular formula is C13H18F. The highest BCUT2D eigenvalue weighted by atomic mass is 19.1. The van der Waals surface area contributed by atoms with E-state index in [1.165, 1.54) is 11.1 Å². The first-order chi connectivity index (χ1) is 6.70. The second-order valence-electron chi connectivity index (χ2n) is 3.73. The average Bonchev–Trinajstić information content (AvgIpc) is 2.20. The predicted octanol–water partition coefficient (Wildman–Crippen LogP) is 3.83. The summed E-state index contributed by atoms with van der Waals surface area (Å²) in [6.07, 6.45) is 2.19. The van der Waals surface area contributed by atoms with Crippen molar-refractivity contribution in [2.45, 2.75) is 32.6 Å². The third kappa shape index (κ3) is 2.34. The molecule has 0 N–H and O–H groups in total. The molecule has 1 aromatic carbocycles. The van der Waals surface area contributed by atoms with Crippen molar-refractivity contribution in [1.29, 1.82) is 0 Å². The van der Waals surface area contributed by atoms with Gasteiger partial charge in [0.2, 0.25) is 0 Å². The minimum Gasteiger partial charge on any atom is -0.250 e. The topological polar surface area (TPSA) is 0 Å². The van der Waals surface area contributed by atoms with Crippen molar-refractivity contribution < 1.29 is 4.39 Å². The zero-order valence-electron chi connectivity index (χ0n) is 9.02. The molecule has 0 heterocycles. The van der Waals surface area contributed by atoms with Gasteiger partial charge in [-0.25, -0.2) is 0 Å². The lowest BCUT2D eigenvalue weighted by Gasteiger charge is -2.14. The summed E-state index contributed by atoms with van der Waals surface area (Å²) in [5.41, 5.74) is 3.59. The molecule has 1 atom stereocenters. The Hall–Kier alpha value is -0.850. The van der Waals surface area contributed by atoms with E-state index in [2.05, 4.69) is 26.8 Å². The number of alkyl halides is 1. The number of halogens is 1. The molecule has 0 aliphatic carbocycles. The lowest BCUT2D eigenvalue weighted by molar-refractivity contribution is 0.464. The summed E-state index contributed by atoms with van der Waals surface area (Å²) in [6, 6.07) is 6.10. The Morgan fingerprint density at radius 3 is 2.71 bits per heavy atom. The maximum atomic E-state index is 12.5. The molecule has 0 amide bonds. The molecule has 1 rings (SSSR count). The van der Waals surface area contributed by atoms with Crippen molar-refractivity contribution in [1.82, 2.24) is 0 Å². The highest BCUT2D eigenvalue weighted by Crippen LogP contribution is 2.23. The lowest BCUT2D eigenvalue weighted by Crippen LogP contribution is -2.01. The fraction of sp³-hybridized carbons (Fsp3) is 0.462. The minimum atomic E-state index is -0.379. The second kappa shape index (κ2) is 5.14. The quantitative estimate of drug-likeness (QED) is 0.681. The van der Waals surface area contributed by atoms with E-state index >= 15 is 0 Å². The van der Waals surface area contributed by atoms with Crippen molar-refractivity contribution >= 4 is 0 Å². The fourth-order valence-corrected chi connectivity index (χ4v) is 1.77. The van der Waals surface area contributed by atoms with Gasteiger partial charge in [-0.05, 0) is 37.0 Å². The van der Waals surface area contributed by atoms with E-state index in [1.54, 1.807) is 0 Å². The van der Waals surface area contributed by atoms with Crippen molar-refractivity contribution in [2.24, 2.45) is 0 Å². The fourth-order valence-electron chi connectivity index (χ4n) is 1.77.